The number of ether oxygens (including phenoxy) is 3. The molecular formula is C16H14O4. The molecule has 0 bridgehead atoms. The van der Waals surface area contributed by atoms with Crippen LogP contribution in [0.5, 0.6) is 17.2 Å². The molecule has 0 atom stereocenters. The number of carbonyl (C=O) groups excluding carboxylic acids is 1. The molecule has 0 amide bonds. The van der Waals surface area contributed by atoms with E-state index >= 15 is 0 Å². The van der Waals surface area contributed by atoms with Crippen LogP contribution in [0, 0.1) is 0 Å². The van der Waals surface area contributed by atoms with Crippen LogP contribution in [0.4, 0.5) is 0 Å². The highest BCUT2D eigenvalue weighted by atomic mass is 16.6. The van der Waals surface area contributed by atoms with Crippen molar-refractivity contribution in [3.05, 3.63) is 42.0 Å². The normalized spacial score (nSPS) is 12.8. The zero-order valence-electron chi connectivity index (χ0n) is 11.1. The van der Waals surface area contributed by atoms with Gasteiger partial charge in [-0.2, -0.15) is 0 Å². The van der Waals surface area contributed by atoms with E-state index < -0.39 is 0 Å². The van der Waals surface area contributed by atoms with Gasteiger partial charge < -0.3 is 14.2 Å². The van der Waals surface area contributed by atoms with Crippen molar-refractivity contribution in [1.29, 1.82) is 0 Å². The molecule has 0 aliphatic carbocycles. The summed E-state index contributed by atoms with van der Waals surface area (Å²) in [6.45, 7) is 1.14. The van der Waals surface area contributed by atoms with Gasteiger partial charge in [-0.25, -0.2) is 0 Å². The van der Waals surface area contributed by atoms with Crippen LogP contribution in [0.15, 0.2) is 36.4 Å². The molecule has 0 N–H and O–H groups in total. The second kappa shape index (κ2) is 5.25. The van der Waals surface area contributed by atoms with E-state index in [1.54, 1.807) is 13.2 Å². The number of carbonyl (C=O) groups is 1. The van der Waals surface area contributed by atoms with Gasteiger partial charge in [0.05, 0.1) is 12.7 Å². The maximum Gasteiger partial charge on any atom is 0.161 e. The predicted octanol–water partition coefficient (Wildman–Crippen LogP) is 2.95. The highest BCUT2D eigenvalue weighted by Crippen LogP contribution is 2.35. The van der Waals surface area contributed by atoms with E-state index in [1.807, 2.05) is 30.3 Å². The molecule has 2 aromatic rings. The largest absolute Gasteiger partial charge is 0.496 e. The first-order valence-corrected chi connectivity index (χ1v) is 6.35. The molecule has 1 heterocycles. The first kappa shape index (κ1) is 12.5. The van der Waals surface area contributed by atoms with Crippen LogP contribution < -0.4 is 14.2 Å². The van der Waals surface area contributed by atoms with Crippen molar-refractivity contribution in [2.45, 2.75) is 0 Å². The highest BCUT2D eigenvalue weighted by molar-refractivity contribution is 5.82. The molecule has 102 valence electrons. The molecule has 0 saturated heterocycles. The lowest BCUT2D eigenvalue weighted by Gasteiger charge is -2.19. The summed E-state index contributed by atoms with van der Waals surface area (Å²) in [5.41, 5.74) is 2.49. The first-order chi connectivity index (χ1) is 9.81. The SMILES string of the molecule is COc1cc(-c2ccc3c(c2)OCCO3)ccc1C=O. The van der Waals surface area contributed by atoms with Gasteiger partial charge >= 0.3 is 0 Å². The number of hydrogen-bond donors (Lipinski definition) is 0. The molecule has 4 nitrogen and oxygen atoms in total. The summed E-state index contributed by atoms with van der Waals surface area (Å²) in [6, 6.07) is 11.3. The van der Waals surface area contributed by atoms with E-state index in [0.717, 1.165) is 28.9 Å². The van der Waals surface area contributed by atoms with Gasteiger partial charge in [0.15, 0.2) is 17.8 Å². The van der Waals surface area contributed by atoms with Crippen molar-refractivity contribution < 1.29 is 19.0 Å². The topological polar surface area (TPSA) is 44.8 Å². The Morgan fingerprint density at radius 1 is 1.00 bits per heavy atom. The molecular weight excluding hydrogens is 256 g/mol. The Balaban J connectivity index is 2.02. The average Bonchev–Trinajstić information content (AvgIpc) is 2.53. The van der Waals surface area contributed by atoms with Gasteiger partial charge in [0, 0.05) is 0 Å². The zero-order valence-corrected chi connectivity index (χ0v) is 11.1. The van der Waals surface area contributed by atoms with Crippen LogP contribution in [0.1, 0.15) is 10.4 Å². The molecule has 0 aromatic heterocycles. The fourth-order valence-corrected chi connectivity index (χ4v) is 2.21. The Morgan fingerprint density at radius 2 is 1.70 bits per heavy atom. The summed E-state index contributed by atoms with van der Waals surface area (Å²) in [5, 5.41) is 0. The molecule has 2 aromatic carbocycles. The lowest BCUT2D eigenvalue weighted by atomic mass is 10.0. The van der Waals surface area contributed by atoms with Crippen LogP contribution in [0.25, 0.3) is 11.1 Å². The van der Waals surface area contributed by atoms with Crippen molar-refractivity contribution in [1.82, 2.24) is 0 Å². The maximum atomic E-state index is 10.9. The van der Waals surface area contributed by atoms with Crippen LogP contribution in [-0.4, -0.2) is 26.6 Å². The average molecular weight is 270 g/mol. The van der Waals surface area contributed by atoms with Gasteiger partial charge in [0.25, 0.3) is 0 Å². The third-order valence-electron chi connectivity index (χ3n) is 3.24. The predicted molar refractivity (Wildman–Crippen MR) is 74.8 cm³/mol. The lowest BCUT2D eigenvalue weighted by Crippen LogP contribution is -2.15. The van der Waals surface area contributed by atoms with Crippen LogP contribution in [-0.2, 0) is 0 Å². The number of benzene rings is 2. The summed E-state index contributed by atoms with van der Waals surface area (Å²) < 4.78 is 16.3. The Labute approximate surface area is 116 Å². The quantitative estimate of drug-likeness (QED) is 0.804. The molecule has 4 heteroatoms. The molecule has 0 unspecified atom stereocenters. The Morgan fingerprint density at radius 3 is 2.45 bits per heavy atom. The molecule has 0 fully saturated rings. The van der Waals surface area contributed by atoms with E-state index in [1.165, 1.54) is 0 Å². The van der Waals surface area contributed by atoms with E-state index in [0.29, 0.717) is 24.5 Å². The third-order valence-corrected chi connectivity index (χ3v) is 3.24. The van der Waals surface area contributed by atoms with Gasteiger partial charge in [-0.15, -0.1) is 0 Å². The Kier molecular flexibility index (Phi) is 3.29. The second-order valence-corrected chi connectivity index (χ2v) is 4.43. The maximum absolute atomic E-state index is 10.9. The standard InChI is InChI=1S/C16H14O4/c1-18-15-8-11(2-3-13(15)10-17)12-4-5-14-16(9-12)20-7-6-19-14/h2-5,8-10H,6-7H2,1H3. The fourth-order valence-electron chi connectivity index (χ4n) is 2.21. The highest BCUT2D eigenvalue weighted by Gasteiger charge is 2.13. The number of rotatable bonds is 3. The Bertz CT molecular complexity index is 649. The molecule has 0 spiro atoms. The van der Waals surface area contributed by atoms with E-state index in [2.05, 4.69) is 0 Å². The zero-order chi connectivity index (χ0) is 13.9. The number of hydrogen-bond acceptors (Lipinski definition) is 4. The van der Waals surface area contributed by atoms with E-state index in [9.17, 15) is 4.79 Å². The van der Waals surface area contributed by atoms with Crippen molar-refractivity contribution in [2.24, 2.45) is 0 Å². The Hall–Kier alpha value is -2.49. The molecule has 0 saturated carbocycles. The van der Waals surface area contributed by atoms with Crippen molar-refractivity contribution in [3.63, 3.8) is 0 Å². The number of fused-ring (bicyclic) bond motifs is 1. The van der Waals surface area contributed by atoms with Crippen molar-refractivity contribution in [3.8, 4) is 28.4 Å². The summed E-state index contributed by atoms with van der Waals surface area (Å²) in [7, 11) is 1.55. The fraction of sp³-hybridized carbons (Fsp3) is 0.188. The minimum Gasteiger partial charge on any atom is -0.496 e. The molecule has 3 rings (SSSR count). The van der Waals surface area contributed by atoms with Crippen molar-refractivity contribution >= 4 is 6.29 Å². The lowest BCUT2D eigenvalue weighted by molar-refractivity contribution is 0.112. The smallest absolute Gasteiger partial charge is 0.161 e. The van der Waals surface area contributed by atoms with Gasteiger partial charge in [-0.3, -0.25) is 4.79 Å². The van der Waals surface area contributed by atoms with Crippen LogP contribution >= 0.6 is 0 Å². The van der Waals surface area contributed by atoms with Crippen LogP contribution in [0.2, 0.25) is 0 Å². The van der Waals surface area contributed by atoms with E-state index in [-0.39, 0.29) is 0 Å². The minimum absolute atomic E-state index is 0.536. The summed E-state index contributed by atoms with van der Waals surface area (Å²) in [6.07, 6.45) is 0.784. The van der Waals surface area contributed by atoms with Crippen LogP contribution in [0.3, 0.4) is 0 Å². The molecule has 0 radical (unpaired) electrons. The molecule has 1 aliphatic heterocycles. The molecule has 1 aliphatic rings. The van der Waals surface area contributed by atoms with Gasteiger partial charge in [-0.05, 0) is 35.4 Å². The van der Waals surface area contributed by atoms with Gasteiger partial charge in [0.1, 0.15) is 19.0 Å². The second-order valence-electron chi connectivity index (χ2n) is 4.43. The van der Waals surface area contributed by atoms with Gasteiger partial charge in [0.2, 0.25) is 0 Å². The first-order valence-electron chi connectivity index (χ1n) is 6.35. The summed E-state index contributed by atoms with van der Waals surface area (Å²) in [4.78, 5) is 10.9. The molecule has 20 heavy (non-hydrogen) atoms. The third kappa shape index (κ3) is 2.20. The number of methoxy groups -OCH3 is 1. The summed E-state index contributed by atoms with van der Waals surface area (Å²) >= 11 is 0. The minimum atomic E-state index is 0.536. The van der Waals surface area contributed by atoms with Crippen molar-refractivity contribution in [2.75, 3.05) is 20.3 Å². The van der Waals surface area contributed by atoms with E-state index in [4.69, 9.17) is 14.2 Å². The van der Waals surface area contributed by atoms with Gasteiger partial charge in [-0.1, -0.05) is 12.1 Å². The summed E-state index contributed by atoms with van der Waals surface area (Å²) in [5.74, 6) is 2.07. The monoisotopic (exact) mass is 270 g/mol. The number of aldehydes is 1.